The van der Waals surface area contributed by atoms with Gasteiger partial charge in [0.2, 0.25) is 5.91 Å². The average Bonchev–Trinajstić information content (AvgIpc) is 3.56. The number of amides is 1. The van der Waals surface area contributed by atoms with E-state index in [9.17, 15) is 9.59 Å². The van der Waals surface area contributed by atoms with E-state index >= 15 is 0 Å². The van der Waals surface area contributed by atoms with Gasteiger partial charge in [0.05, 0.1) is 24.6 Å². The van der Waals surface area contributed by atoms with E-state index in [0.29, 0.717) is 28.0 Å². The zero-order valence-electron chi connectivity index (χ0n) is 18.0. The van der Waals surface area contributed by atoms with Crippen LogP contribution in [0.1, 0.15) is 11.6 Å². The zero-order valence-corrected chi connectivity index (χ0v) is 18.9. The third-order valence-corrected chi connectivity index (χ3v) is 6.09. The van der Waals surface area contributed by atoms with Crippen LogP contribution in [0.2, 0.25) is 0 Å². The Morgan fingerprint density at radius 1 is 1.06 bits per heavy atom. The molecule has 0 saturated carbocycles. The number of methoxy groups -OCH3 is 1. The number of ether oxygens (including phenoxy) is 1. The van der Waals surface area contributed by atoms with Crippen molar-refractivity contribution in [2.24, 2.45) is 0 Å². The molecule has 3 aromatic heterocycles. The maximum absolute atomic E-state index is 12.8. The van der Waals surface area contributed by atoms with Gasteiger partial charge in [0, 0.05) is 5.39 Å². The predicted octanol–water partition coefficient (Wildman–Crippen LogP) is 3.66. The molecule has 0 radical (unpaired) electrons. The molecule has 0 saturated heterocycles. The first kappa shape index (κ1) is 21.7. The summed E-state index contributed by atoms with van der Waals surface area (Å²) in [5, 5.41) is 12.7. The van der Waals surface area contributed by atoms with Crippen LogP contribution >= 0.6 is 11.8 Å². The Hall–Kier alpha value is -4.18. The molecule has 0 spiro atoms. The number of aromatic nitrogens is 4. The number of nitrogens with one attached hydrogen (secondary N) is 1. The fourth-order valence-corrected chi connectivity index (χ4v) is 4.34. The van der Waals surface area contributed by atoms with Crippen LogP contribution in [0.5, 0.6) is 0 Å². The van der Waals surface area contributed by atoms with Gasteiger partial charge in [0.1, 0.15) is 0 Å². The lowest BCUT2D eigenvalue weighted by molar-refractivity contribution is -0.145. The fourth-order valence-electron chi connectivity index (χ4n) is 3.60. The Labute approximate surface area is 198 Å². The number of esters is 1. The Bertz CT molecular complexity index is 1470. The van der Waals surface area contributed by atoms with Crippen molar-refractivity contribution < 1.29 is 18.7 Å². The number of carbonyl (C=O) groups is 2. The first-order valence-corrected chi connectivity index (χ1v) is 11.4. The van der Waals surface area contributed by atoms with Gasteiger partial charge in [-0.25, -0.2) is 9.78 Å². The van der Waals surface area contributed by atoms with Gasteiger partial charge in [-0.05, 0) is 29.8 Å². The van der Waals surface area contributed by atoms with Crippen LogP contribution in [0.25, 0.3) is 28.1 Å². The molecule has 3 heterocycles. The third kappa shape index (κ3) is 4.11. The minimum atomic E-state index is -0.904. The number of para-hydroxylation sites is 1. The van der Waals surface area contributed by atoms with Gasteiger partial charge >= 0.3 is 5.97 Å². The van der Waals surface area contributed by atoms with E-state index in [1.807, 2.05) is 30.3 Å². The Morgan fingerprint density at radius 3 is 2.62 bits per heavy atom. The van der Waals surface area contributed by atoms with Gasteiger partial charge in [-0.3, -0.25) is 9.20 Å². The van der Waals surface area contributed by atoms with Crippen molar-refractivity contribution in [3.8, 4) is 11.6 Å². The first-order chi connectivity index (χ1) is 16.7. The molecule has 34 heavy (non-hydrogen) atoms. The molecule has 9 nitrogen and oxygen atoms in total. The maximum atomic E-state index is 12.8. The summed E-state index contributed by atoms with van der Waals surface area (Å²) in [7, 11) is 1.29. The molecule has 0 bridgehead atoms. The van der Waals surface area contributed by atoms with E-state index in [1.54, 1.807) is 47.1 Å². The summed E-state index contributed by atoms with van der Waals surface area (Å²) in [5.41, 5.74) is 2.00. The van der Waals surface area contributed by atoms with E-state index in [1.165, 1.54) is 18.9 Å². The number of rotatable bonds is 7. The molecule has 0 aliphatic heterocycles. The minimum absolute atomic E-state index is 0.00550. The van der Waals surface area contributed by atoms with Gasteiger partial charge in [-0.2, -0.15) is 0 Å². The first-order valence-electron chi connectivity index (χ1n) is 10.4. The second-order valence-corrected chi connectivity index (χ2v) is 8.24. The van der Waals surface area contributed by atoms with Crippen molar-refractivity contribution in [3.63, 3.8) is 0 Å². The van der Waals surface area contributed by atoms with E-state index in [4.69, 9.17) is 14.1 Å². The largest absolute Gasteiger partial charge is 0.467 e. The summed E-state index contributed by atoms with van der Waals surface area (Å²) in [4.78, 5) is 29.8. The van der Waals surface area contributed by atoms with E-state index < -0.39 is 12.0 Å². The number of carbonyl (C=O) groups excluding carboxylic acids is 2. The van der Waals surface area contributed by atoms with Gasteiger partial charge in [-0.1, -0.05) is 54.2 Å². The van der Waals surface area contributed by atoms with Gasteiger partial charge in [0.25, 0.3) is 0 Å². The highest BCUT2D eigenvalue weighted by Gasteiger charge is 2.24. The molecular weight excluding hydrogens is 454 g/mol. The van der Waals surface area contributed by atoms with Crippen LogP contribution in [0.4, 0.5) is 0 Å². The van der Waals surface area contributed by atoms with Crippen molar-refractivity contribution >= 4 is 40.2 Å². The molecule has 1 atom stereocenters. The minimum Gasteiger partial charge on any atom is -0.467 e. The maximum Gasteiger partial charge on any atom is 0.333 e. The van der Waals surface area contributed by atoms with Crippen LogP contribution < -0.4 is 5.32 Å². The van der Waals surface area contributed by atoms with Gasteiger partial charge in [0.15, 0.2) is 28.4 Å². The molecule has 0 aliphatic rings. The molecule has 10 heteroatoms. The molecule has 5 rings (SSSR count). The lowest BCUT2D eigenvalue weighted by Crippen LogP contribution is -2.35. The summed E-state index contributed by atoms with van der Waals surface area (Å²) in [5.74, 6) is 0.188. The number of hydrogen-bond acceptors (Lipinski definition) is 8. The van der Waals surface area contributed by atoms with Crippen molar-refractivity contribution in [3.05, 3.63) is 78.6 Å². The van der Waals surface area contributed by atoms with Crippen molar-refractivity contribution in [1.29, 1.82) is 0 Å². The number of thioether (sulfide) groups is 1. The van der Waals surface area contributed by atoms with E-state index in [0.717, 1.165) is 10.9 Å². The van der Waals surface area contributed by atoms with Crippen LogP contribution in [-0.2, 0) is 14.3 Å². The lowest BCUT2D eigenvalue weighted by Gasteiger charge is -2.16. The molecule has 2 aromatic carbocycles. The molecule has 5 aromatic rings. The Kier molecular flexibility index (Phi) is 5.96. The third-order valence-electron chi connectivity index (χ3n) is 5.17. The van der Waals surface area contributed by atoms with Gasteiger partial charge < -0.3 is 14.5 Å². The quantitative estimate of drug-likeness (QED) is 0.282. The molecule has 1 amide bonds. The molecule has 0 fully saturated rings. The van der Waals surface area contributed by atoms with E-state index in [-0.39, 0.29) is 11.7 Å². The normalized spacial score (nSPS) is 12.0. The SMILES string of the molecule is COC(=O)[C@H](NC(=O)CSc1nnc2c3ccccc3nc(-c3ccco3)n12)c1ccccc1. The Morgan fingerprint density at radius 2 is 1.85 bits per heavy atom. The molecule has 0 unspecified atom stereocenters. The zero-order chi connectivity index (χ0) is 23.5. The highest BCUT2D eigenvalue weighted by Crippen LogP contribution is 2.29. The van der Waals surface area contributed by atoms with Gasteiger partial charge in [-0.15, -0.1) is 10.2 Å². The second-order valence-electron chi connectivity index (χ2n) is 7.29. The van der Waals surface area contributed by atoms with Crippen LogP contribution in [0.3, 0.4) is 0 Å². The van der Waals surface area contributed by atoms with Crippen LogP contribution in [0.15, 0.2) is 82.6 Å². The smallest absolute Gasteiger partial charge is 0.333 e. The molecule has 0 aliphatic carbocycles. The number of fused-ring (bicyclic) bond motifs is 3. The summed E-state index contributed by atoms with van der Waals surface area (Å²) in [6.07, 6.45) is 1.57. The van der Waals surface area contributed by atoms with Crippen molar-refractivity contribution in [2.75, 3.05) is 12.9 Å². The second kappa shape index (κ2) is 9.36. The fraction of sp³-hybridized carbons (Fsp3) is 0.125. The number of hydrogen-bond donors (Lipinski definition) is 1. The summed E-state index contributed by atoms with van der Waals surface area (Å²) in [6, 6.07) is 19.2. The van der Waals surface area contributed by atoms with Crippen LogP contribution in [-0.4, -0.2) is 44.3 Å². The van der Waals surface area contributed by atoms with Crippen molar-refractivity contribution in [1.82, 2.24) is 24.9 Å². The highest BCUT2D eigenvalue weighted by molar-refractivity contribution is 7.99. The predicted molar refractivity (Wildman–Crippen MR) is 126 cm³/mol. The molecule has 170 valence electrons. The molecule has 1 N–H and O–H groups in total. The number of benzene rings is 2. The molecular formula is C24H19N5O4S. The van der Waals surface area contributed by atoms with Crippen molar-refractivity contribution in [2.45, 2.75) is 11.2 Å². The average molecular weight is 474 g/mol. The number of furan rings is 1. The highest BCUT2D eigenvalue weighted by atomic mass is 32.2. The Balaban J connectivity index is 1.44. The number of nitrogens with zero attached hydrogens (tertiary/aromatic N) is 4. The van der Waals surface area contributed by atoms with E-state index in [2.05, 4.69) is 15.5 Å². The lowest BCUT2D eigenvalue weighted by atomic mass is 10.1. The van der Waals surface area contributed by atoms with Crippen LogP contribution in [0, 0.1) is 0 Å². The summed E-state index contributed by atoms with van der Waals surface area (Å²) >= 11 is 1.18. The monoisotopic (exact) mass is 473 g/mol. The standard InChI is InChI=1S/C24H19N5O4S/c1-32-23(31)20(15-8-3-2-4-9-15)26-19(30)14-34-24-28-27-21-16-10-5-6-11-17(16)25-22(29(21)24)18-12-7-13-33-18/h2-13,20H,14H2,1H3,(H,26,30)/t20-/m1/s1. The summed E-state index contributed by atoms with van der Waals surface area (Å²) in [6.45, 7) is 0. The summed E-state index contributed by atoms with van der Waals surface area (Å²) < 4.78 is 12.2. The topological polar surface area (TPSA) is 112 Å².